The third-order valence-corrected chi connectivity index (χ3v) is 5.88. The van der Waals surface area contributed by atoms with Gasteiger partial charge in [-0.15, -0.1) is 0 Å². The summed E-state index contributed by atoms with van der Waals surface area (Å²) >= 11 is 6.12. The molecule has 0 aromatic heterocycles. The number of fused-ring (bicyclic) bond motifs is 1. The monoisotopic (exact) mass is 369 g/mol. The zero-order valence-electron chi connectivity index (χ0n) is 12.8. The van der Waals surface area contributed by atoms with E-state index in [0.717, 1.165) is 17.7 Å². The Hall–Kier alpha value is -1.23. The third-order valence-electron chi connectivity index (χ3n) is 4.30. The van der Waals surface area contributed by atoms with Crippen molar-refractivity contribution in [2.24, 2.45) is 0 Å². The van der Waals surface area contributed by atoms with Crippen LogP contribution in [0.15, 0.2) is 47.4 Å². The maximum absolute atomic E-state index is 11.6. The smallest absolute Gasteiger partial charge is 0.261 e. The number of halogens is 2. The van der Waals surface area contributed by atoms with Crippen LogP contribution in [-0.2, 0) is 14.5 Å². The van der Waals surface area contributed by atoms with Crippen molar-refractivity contribution in [2.45, 2.75) is 36.6 Å². The lowest BCUT2D eigenvalue weighted by Crippen LogP contribution is -2.31. The van der Waals surface area contributed by atoms with Gasteiger partial charge in [-0.3, -0.25) is 0 Å². The Labute approximate surface area is 146 Å². The summed E-state index contributed by atoms with van der Waals surface area (Å²) in [6.07, 6.45) is 0.826. The maximum atomic E-state index is 11.6. The fourth-order valence-corrected chi connectivity index (χ4v) is 4.12. The lowest BCUT2D eigenvalue weighted by atomic mass is 9.74. The molecule has 1 aliphatic rings. The molecule has 3 nitrogen and oxygen atoms in total. The molecule has 0 saturated heterocycles. The fraction of sp³-hybridized carbons (Fsp3) is 0.294. The van der Waals surface area contributed by atoms with Crippen LogP contribution in [0, 0.1) is 0 Å². The number of rotatable bonds is 2. The zero-order valence-corrected chi connectivity index (χ0v) is 15.1. The number of hydrogen-bond donors (Lipinski definition) is 1. The van der Waals surface area contributed by atoms with E-state index in [2.05, 4.69) is 19.2 Å². The van der Waals surface area contributed by atoms with Crippen LogP contribution in [0.3, 0.4) is 0 Å². The summed E-state index contributed by atoms with van der Waals surface area (Å²) in [5, 5.41) is 4.19. The van der Waals surface area contributed by atoms with Gasteiger partial charge < -0.3 is 5.32 Å². The fourth-order valence-electron chi connectivity index (χ4n) is 3.15. The third kappa shape index (κ3) is 3.35. The van der Waals surface area contributed by atoms with Gasteiger partial charge in [-0.1, -0.05) is 37.6 Å². The minimum Gasteiger partial charge on any atom is -0.378 e. The van der Waals surface area contributed by atoms with Gasteiger partial charge in [0.05, 0.1) is 10.9 Å². The molecule has 6 heteroatoms. The molecular weight excluding hydrogens is 353 g/mol. The Bertz CT molecular complexity index is 863. The predicted molar refractivity (Wildman–Crippen MR) is 94.9 cm³/mol. The molecule has 0 radical (unpaired) electrons. The van der Waals surface area contributed by atoms with Crippen molar-refractivity contribution in [1.29, 1.82) is 0 Å². The van der Waals surface area contributed by atoms with Gasteiger partial charge in [0.15, 0.2) is 0 Å². The van der Waals surface area contributed by atoms with E-state index in [1.54, 1.807) is 12.1 Å². The topological polar surface area (TPSA) is 46.2 Å². The Kier molecular flexibility index (Phi) is 4.11. The van der Waals surface area contributed by atoms with E-state index in [1.165, 1.54) is 11.6 Å². The van der Waals surface area contributed by atoms with Crippen LogP contribution in [0.5, 0.6) is 0 Å². The number of benzene rings is 2. The average molecular weight is 370 g/mol. The second kappa shape index (κ2) is 5.69. The summed E-state index contributed by atoms with van der Waals surface area (Å²) in [4.78, 5) is 0.123. The molecule has 0 bridgehead atoms. The molecule has 0 fully saturated rings. The molecule has 3 rings (SSSR count). The molecule has 1 N–H and O–H groups in total. The molecule has 2 aromatic rings. The minimum atomic E-state index is -3.73. The molecule has 0 saturated carbocycles. The number of hydrogen-bond acceptors (Lipinski definition) is 3. The molecule has 1 unspecified atom stereocenters. The molecule has 122 valence electrons. The van der Waals surface area contributed by atoms with Crippen molar-refractivity contribution in [3.05, 3.63) is 58.6 Å². The molecule has 23 heavy (non-hydrogen) atoms. The SMILES string of the molecule is CC1(C)CC(c2cccc(S(=O)(=O)Cl)c2)Nc2ccc(Cl)cc21. The number of anilines is 1. The van der Waals surface area contributed by atoms with E-state index >= 15 is 0 Å². The Morgan fingerprint density at radius 2 is 1.91 bits per heavy atom. The maximum Gasteiger partial charge on any atom is 0.261 e. The van der Waals surface area contributed by atoms with Gasteiger partial charge in [-0.05, 0) is 53.3 Å². The first-order valence-electron chi connectivity index (χ1n) is 7.28. The molecule has 1 heterocycles. The van der Waals surface area contributed by atoms with Crippen molar-refractivity contribution in [3.63, 3.8) is 0 Å². The second-order valence-electron chi connectivity index (χ2n) is 6.49. The Balaban J connectivity index is 2.02. The van der Waals surface area contributed by atoms with E-state index in [1.807, 2.05) is 24.3 Å². The summed E-state index contributed by atoms with van der Waals surface area (Å²) in [5.41, 5.74) is 3.02. The van der Waals surface area contributed by atoms with E-state index < -0.39 is 9.05 Å². The van der Waals surface area contributed by atoms with Crippen LogP contribution in [-0.4, -0.2) is 8.42 Å². The molecular formula is C17H17Cl2NO2S. The highest BCUT2D eigenvalue weighted by Crippen LogP contribution is 2.45. The lowest BCUT2D eigenvalue weighted by Gasteiger charge is -2.39. The van der Waals surface area contributed by atoms with E-state index in [0.29, 0.717) is 5.02 Å². The van der Waals surface area contributed by atoms with Crippen LogP contribution in [0.25, 0.3) is 0 Å². The van der Waals surface area contributed by atoms with Crippen LogP contribution >= 0.6 is 22.3 Å². The largest absolute Gasteiger partial charge is 0.378 e. The first kappa shape index (κ1) is 16.6. The van der Waals surface area contributed by atoms with Crippen molar-refractivity contribution >= 4 is 37.0 Å². The van der Waals surface area contributed by atoms with Gasteiger partial charge in [0.1, 0.15) is 0 Å². The van der Waals surface area contributed by atoms with E-state index in [4.69, 9.17) is 22.3 Å². The molecule has 2 aromatic carbocycles. The van der Waals surface area contributed by atoms with Crippen LogP contribution in [0.1, 0.15) is 37.4 Å². The molecule has 0 spiro atoms. The van der Waals surface area contributed by atoms with Crippen LogP contribution in [0.2, 0.25) is 5.02 Å². The van der Waals surface area contributed by atoms with Gasteiger partial charge in [0.25, 0.3) is 9.05 Å². The molecule has 1 atom stereocenters. The standard InChI is InChI=1S/C17H17Cl2NO2S/c1-17(2)10-16(20-15-7-6-12(18)9-14(15)17)11-4-3-5-13(8-11)23(19,21)22/h3-9,16,20H,10H2,1-2H3. The highest BCUT2D eigenvalue weighted by Gasteiger charge is 2.33. The Morgan fingerprint density at radius 1 is 1.17 bits per heavy atom. The van der Waals surface area contributed by atoms with E-state index in [-0.39, 0.29) is 16.4 Å². The van der Waals surface area contributed by atoms with Crippen molar-refractivity contribution in [2.75, 3.05) is 5.32 Å². The van der Waals surface area contributed by atoms with Crippen LogP contribution < -0.4 is 5.32 Å². The van der Waals surface area contributed by atoms with Crippen LogP contribution in [0.4, 0.5) is 5.69 Å². The first-order valence-corrected chi connectivity index (χ1v) is 9.97. The normalized spacial score (nSPS) is 19.7. The molecule has 0 aliphatic carbocycles. The van der Waals surface area contributed by atoms with Gasteiger partial charge in [0, 0.05) is 21.4 Å². The lowest BCUT2D eigenvalue weighted by molar-refractivity contribution is 0.427. The first-order chi connectivity index (χ1) is 10.7. The van der Waals surface area contributed by atoms with Crippen molar-refractivity contribution in [3.8, 4) is 0 Å². The summed E-state index contributed by atoms with van der Waals surface area (Å²) in [5.74, 6) is 0. The quantitative estimate of drug-likeness (QED) is 0.748. The summed E-state index contributed by atoms with van der Waals surface area (Å²) < 4.78 is 23.1. The van der Waals surface area contributed by atoms with Gasteiger partial charge in [-0.25, -0.2) is 8.42 Å². The van der Waals surface area contributed by atoms with Crippen molar-refractivity contribution < 1.29 is 8.42 Å². The van der Waals surface area contributed by atoms with Gasteiger partial charge >= 0.3 is 0 Å². The minimum absolute atomic E-state index is 0.0112. The average Bonchev–Trinajstić information content (AvgIpc) is 2.47. The highest BCUT2D eigenvalue weighted by molar-refractivity contribution is 8.13. The predicted octanol–water partition coefficient (Wildman–Crippen LogP) is 5.10. The summed E-state index contributed by atoms with van der Waals surface area (Å²) in [6, 6.07) is 12.6. The Morgan fingerprint density at radius 3 is 2.61 bits per heavy atom. The summed E-state index contributed by atoms with van der Waals surface area (Å²) in [6.45, 7) is 4.33. The zero-order chi connectivity index (χ0) is 16.8. The van der Waals surface area contributed by atoms with Crippen molar-refractivity contribution in [1.82, 2.24) is 0 Å². The highest BCUT2D eigenvalue weighted by atomic mass is 35.7. The second-order valence-corrected chi connectivity index (χ2v) is 9.49. The molecule has 1 aliphatic heterocycles. The van der Waals surface area contributed by atoms with Gasteiger partial charge in [-0.2, -0.15) is 0 Å². The van der Waals surface area contributed by atoms with E-state index in [9.17, 15) is 8.42 Å². The summed E-state index contributed by atoms with van der Waals surface area (Å²) in [7, 11) is 1.73. The van der Waals surface area contributed by atoms with Gasteiger partial charge in [0.2, 0.25) is 0 Å². The molecule has 0 amide bonds. The number of nitrogens with one attached hydrogen (secondary N) is 1.